The highest BCUT2D eigenvalue weighted by atomic mass is 19.1. The molecule has 2 aliphatic rings. The van der Waals surface area contributed by atoms with Gasteiger partial charge in [0.15, 0.2) is 0 Å². The molecule has 1 N–H and O–H groups in total. The lowest BCUT2D eigenvalue weighted by atomic mass is 9.98. The summed E-state index contributed by atoms with van der Waals surface area (Å²) in [6.07, 6.45) is 1.25. The van der Waals surface area contributed by atoms with Gasteiger partial charge in [-0.15, -0.1) is 0 Å². The first kappa shape index (κ1) is 27.5. The van der Waals surface area contributed by atoms with Gasteiger partial charge in [0.1, 0.15) is 18.1 Å². The van der Waals surface area contributed by atoms with E-state index in [1.54, 1.807) is 24.1 Å². The van der Waals surface area contributed by atoms with Gasteiger partial charge in [0.05, 0.1) is 32.1 Å². The minimum absolute atomic E-state index is 0.119. The molecule has 38 heavy (non-hydrogen) atoms. The minimum Gasteiger partial charge on any atom is -0.497 e. The summed E-state index contributed by atoms with van der Waals surface area (Å²) in [6.45, 7) is 6.37. The summed E-state index contributed by atoms with van der Waals surface area (Å²) in [6, 6.07) is 12.9. The maximum Gasteiger partial charge on any atom is 0.317 e. The number of carbonyl (C=O) groups excluding carboxylic acids is 2. The van der Waals surface area contributed by atoms with E-state index in [0.717, 1.165) is 36.3 Å². The number of hydrazone groups is 1. The number of ether oxygens (including phenoxy) is 2. The molecule has 0 bridgehead atoms. The van der Waals surface area contributed by atoms with Crippen LogP contribution in [0.3, 0.4) is 0 Å². The van der Waals surface area contributed by atoms with Gasteiger partial charge in [-0.25, -0.2) is 14.2 Å². The molecule has 2 heterocycles. The highest BCUT2D eigenvalue weighted by Crippen LogP contribution is 2.33. The van der Waals surface area contributed by atoms with Crippen LogP contribution in [0, 0.1) is 5.82 Å². The van der Waals surface area contributed by atoms with Crippen molar-refractivity contribution >= 4 is 17.6 Å². The van der Waals surface area contributed by atoms with Gasteiger partial charge in [-0.2, -0.15) is 5.10 Å². The van der Waals surface area contributed by atoms with Gasteiger partial charge in [0.2, 0.25) is 0 Å². The van der Waals surface area contributed by atoms with E-state index < -0.39 is 6.04 Å². The van der Waals surface area contributed by atoms with E-state index in [2.05, 4.69) is 10.2 Å². The molecular weight excluding hydrogens is 489 g/mol. The molecule has 0 aliphatic carbocycles. The van der Waals surface area contributed by atoms with Crippen molar-refractivity contribution in [2.24, 2.45) is 5.10 Å². The number of hydrogen-bond acceptors (Lipinski definition) is 6. The van der Waals surface area contributed by atoms with Crippen LogP contribution in [0.5, 0.6) is 5.75 Å². The molecule has 3 amide bonds. The van der Waals surface area contributed by atoms with Crippen LogP contribution in [-0.4, -0.2) is 92.1 Å². The second-order valence-corrected chi connectivity index (χ2v) is 9.40. The van der Waals surface area contributed by atoms with E-state index >= 15 is 0 Å². The Morgan fingerprint density at radius 3 is 2.66 bits per heavy atom. The minimum atomic E-state index is -0.413. The fraction of sp³-hybridized carbons (Fsp3) is 0.464. The zero-order chi connectivity index (χ0) is 26.9. The fourth-order valence-electron chi connectivity index (χ4n) is 4.58. The second kappa shape index (κ2) is 13.3. The van der Waals surface area contributed by atoms with Gasteiger partial charge in [-0.05, 0) is 36.2 Å². The summed E-state index contributed by atoms with van der Waals surface area (Å²) >= 11 is 0. The Bertz CT molecular complexity index is 1120. The maximum atomic E-state index is 13.7. The standard InChI is InChI=1S/C28H36FN5O4/c1-3-11-30-28(36)33(13-12-32-14-16-38-17-15-32)20-27(35)34-26(21-7-9-23(29)10-8-21)19-25(31-34)22-5-4-6-24(18-22)37-2/h4-10,18,26H,3,11-17,19-20H2,1-2H3,(H,30,36)/t26-/m1/s1. The molecule has 1 saturated heterocycles. The number of carbonyl (C=O) groups is 2. The maximum absolute atomic E-state index is 13.7. The van der Waals surface area contributed by atoms with E-state index in [0.29, 0.717) is 45.0 Å². The third-order valence-corrected chi connectivity index (χ3v) is 6.75. The summed E-state index contributed by atoms with van der Waals surface area (Å²) in [5, 5.41) is 9.04. The summed E-state index contributed by atoms with van der Waals surface area (Å²) in [5.74, 6) is 0.0430. The molecule has 1 atom stereocenters. The Balaban J connectivity index is 1.56. The van der Waals surface area contributed by atoms with Crippen LogP contribution in [0.1, 0.15) is 36.9 Å². The number of methoxy groups -OCH3 is 1. The van der Waals surface area contributed by atoms with E-state index in [1.807, 2.05) is 31.2 Å². The summed E-state index contributed by atoms with van der Waals surface area (Å²) in [5.41, 5.74) is 2.34. The first-order valence-corrected chi connectivity index (χ1v) is 13.1. The Labute approximate surface area is 223 Å². The van der Waals surface area contributed by atoms with Gasteiger partial charge in [0, 0.05) is 44.7 Å². The lowest BCUT2D eigenvalue weighted by molar-refractivity contribution is -0.133. The van der Waals surface area contributed by atoms with Crippen molar-refractivity contribution in [1.82, 2.24) is 20.1 Å². The largest absolute Gasteiger partial charge is 0.497 e. The number of nitrogens with one attached hydrogen (secondary N) is 1. The lowest BCUT2D eigenvalue weighted by Crippen LogP contribution is -2.49. The van der Waals surface area contributed by atoms with E-state index in [-0.39, 0.29) is 24.3 Å². The van der Waals surface area contributed by atoms with Gasteiger partial charge >= 0.3 is 6.03 Å². The summed E-state index contributed by atoms with van der Waals surface area (Å²) in [4.78, 5) is 30.5. The highest BCUT2D eigenvalue weighted by Gasteiger charge is 2.34. The molecule has 0 radical (unpaired) electrons. The van der Waals surface area contributed by atoms with Crippen LogP contribution >= 0.6 is 0 Å². The number of rotatable bonds is 10. The Morgan fingerprint density at radius 2 is 1.95 bits per heavy atom. The SMILES string of the molecule is CCCNC(=O)N(CCN1CCOCC1)CC(=O)N1N=C(c2cccc(OC)c2)C[C@@H]1c1ccc(F)cc1. The van der Waals surface area contributed by atoms with Gasteiger partial charge in [-0.3, -0.25) is 9.69 Å². The van der Waals surface area contributed by atoms with Crippen LogP contribution in [0.25, 0.3) is 0 Å². The molecule has 9 nitrogen and oxygen atoms in total. The van der Waals surface area contributed by atoms with Crippen molar-refractivity contribution in [3.8, 4) is 5.75 Å². The first-order chi connectivity index (χ1) is 18.5. The first-order valence-electron chi connectivity index (χ1n) is 13.1. The second-order valence-electron chi connectivity index (χ2n) is 9.40. The van der Waals surface area contributed by atoms with Crippen molar-refractivity contribution in [2.75, 3.05) is 59.6 Å². The zero-order valence-electron chi connectivity index (χ0n) is 22.1. The Kier molecular flexibility index (Phi) is 9.67. The Hall–Kier alpha value is -3.50. The molecule has 2 aliphatic heterocycles. The van der Waals surface area contributed by atoms with Crippen molar-refractivity contribution in [3.05, 3.63) is 65.5 Å². The number of amides is 3. The number of nitrogens with zero attached hydrogens (tertiary/aromatic N) is 4. The number of halogens is 1. The summed E-state index contributed by atoms with van der Waals surface area (Å²) < 4.78 is 24.5. The van der Waals surface area contributed by atoms with Crippen molar-refractivity contribution in [1.29, 1.82) is 0 Å². The molecule has 0 unspecified atom stereocenters. The molecule has 1 fully saturated rings. The topological polar surface area (TPSA) is 86.7 Å². The van der Waals surface area contributed by atoms with Crippen LogP contribution in [0.2, 0.25) is 0 Å². The molecule has 0 saturated carbocycles. The van der Waals surface area contributed by atoms with Gasteiger partial charge in [-0.1, -0.05) is 31.2 Å². The Morgan fingerprint density at radius 1 is 1.18 bits per heavy atom. The smallest absolute Gasteiger partial charge is 0.317 e. The molecular formula is C28H36FN5O4. The fourth-order valence-corrected chi connectivity index (χ4v) is 4.58. The average molecular weight is 526 g/mol. The molecule has 0 spiro atoms. The molecule has 204 valence electrons. The van der Waals surface area contributed by atoms with Crippen molar-refractivity contribution in [3.63, 3.8) is 0 Å². The quantitative estimate of drug-likeness (QED) is 0.515. The van der Waals surface area contributed by atoms with Crippen LogP contribution in [0.4, 0.5) is 9.18 Å². The van der Waals surface area contributed by atoms with Gasteiger partial charge < -0.3 is 19.7 Å². The number of benzene rings is 2. The van der Waals surface area contributed by atoms with Crippen molar-refractivity contribution in [2.45, 2.75) is 25.8 Å². The van der Waals surface area contributed by atoms with E-state index in [4.69, 9.17) is 14.6 Å². The molecule has 4 rings (SSSR count). The predicted molar refractivity (Wildman–Crippen MR) is 143 cm³/mol. The van der Waals surface area contributed by atoms with Crippen molar-refractivity contribution < 1.29 is 23.5 Å². The van der Waals surface area contributed by atoms with Gasteiger partial charge in [0.25, 0.3) is 5.91 Å². The van der Waals surface area contributed by atoms with E-state index in [9.17, 15) is 14.0 Å². The monoisotopic (exact) mass is 525 g/mol. The van der Waals surface area contributed by atoms with Crippen LogP contribution in [-0.2, 0) is 9.53 Å². The molecule has 0 aromatic heterocycles. The normalized spacial score (nSPS) is 17.7. The van der Waals surface area contributed by atoms with Crippen LogP contribution in [0.15, 0.2) is 53.6 Å². The van der Waals surface area contributed by atoms with Crippen LogP contribution < -0.4 is 10.1 Å². The number of morpholine rings is 1. The molecule has 2 aromatic carbocycles. The predicted octanol–water partition coefficient (Wildman–Crippen LogP) is 3.27. The molecule has 10 heteroatoms. The third kappa shape index (κ3) is 7.08. The highest BCUT2D eigenvalue weighted by molar-refractivity contribution is 6.03. The summed E-state index contributed by atoms with van der Waals surface area (Å²) in [7, 11) is 1.60. The lowest BCUT2D eigenvalue weighted by Gasteiger charge is -2.31. The number of urea groups is 1. The number of hydrogen-bond donors (Lipinski definition) is 1. The average Bonchev–Trinajstić information content (AvgIpc) is 3.40. The zero-order valence-corrected chi connectivity index (χ0v) is 22.1. The third-order valence-electron chi connectivity index (χ3n) is 6.75. The van der Waals surface area contributed by atoms with E-state index in [1.165, 1.54) is 17.1 Å². The molecule has 2 aromatic rings.